The Labute approximate surface area is 193 Å². The first-order valence-electron chi connectivity index (χ1n) is 11.0. The number of pyridine rings is 2. The Balaban J connectivity index is 1.84. The molecule has 2 aromatic heterocycles. The molecule has 1 aliphatic heterocycles. The van der Waals surface area contributed by atoms with Crippen LogP contribution in [0.2, 0.25) is 0 Å². The van der Waals surface area contributed by atoms with Gasteiger partial charge in [-0.1, -0.05) is 6.07 Å². The van der Waals surface area contributed by atoms with Gasteiger partial charge in [-0.3, -0.25) is 0 Å². The van der Waals surface area contributed by atoms with E-state index in [9.17, 15) is 22.8 Å². The number of likely N-dealkylation sites (tertiary alicyclic amines) is 1. The highest BCUT2D eigenvalue weighted by Crippen LogP contribution is 2.38. The molecule has 0 unspecified atom stereocenters. The lowest BCUT2D eigenvalue weighted by molar-refractivity contribution is -0.592. The fraction of sp³-hybridized carbons (Fsp3) is 0.231. The molecule has 0 radical (unpaired) electrons. The van der Waals surface area contributed by atoms with Gasteiger partial charge in [-0.15, -0.1) is 0 Å². The summed E-state index contributed by atoms with van der Waals surface area (Å²) < 4.78 is 58.4. The molecule has 34 heavy (non-hydrogen) atoms. The number of halogens is 4. The SMILES string of the molecule is CN1CCC(c2cc(-c3ccc(F)cc3F)c3cc[n+]([O-])c(-c4c(F)cccc4F)c3n2)CC1. The highest BCUT2D eigenvalue weighted by Gasteiger charge is 2.28. The second-order valence-electron chi connectivity index (χ2n) is 8.65. The molecular formula is C26H21F4N3O. The summed E-state index contributed by atoms with van der Waals surface area (Å²) in [6, 6.07) is 9.78. The molecule has 0 atom stereocenters. The van der Waals surface area contributed by atoms with E-state index in [1.165, 1.54) is 18.2 Å². The number of nitrogens with zero attached hydrogens (tertiary/aromatic N) is 3. The molecule has 174 valence electrons. The van der Waals surface area contributed by atoms with Crippen molar-refractivity contribution < 1.29 is 22.3 Å². The van der Waals surface area contributed by atoms with E-state index < -0.39 is 28.8 Å². The van der Waals surface area contributed by atoms with Crippen LogP contribution in [0.25, 0.3) is 33.3 Å². The summed E-state index contributed by atoms with van der Waals surface area (Å²) in [5.74, 6) is -3.29. The summed E-state index contributed by atoms with van der Waals surface area (Å²) in [5, 5.41) is 13.2. The predicted molar refractivity (Wildman–Crippen MR) is 121 cm³/mol. The minimum absolute atomic E-state index is 0.0153. The highest BCUT2D eigenvalue weighted by atomic mass is 19.1. The molecule has 1 fully saturated rings. The van der Waals surface area contributed by atoms with E-state index in [4.69, 9.17) is 4.98 Å². The fourth-order valence-electron chi connectivity index (χ4n) is 4.64. The van der Waals surface area contributed by atoms with Crippen molar-refractivity contribution >= 4 is 10.9 Å². The zero-order chi connectivity index (χ0) is 24.0. The van der Waals surface area contributed by atoms with Crippen molar-refractivity contribution in [2.45, 2.75) is 18.8 Å². The van der Waals surface area contributed by atoms with Gasteiger partial charge in [0.05, 0.1) is 0 Å². The van der Waals surface area contributed by atoms with E-state index in [1.807, 2.05) is 7.05 Å². The summed E-state index contributed by atoms with van der Waals surface area (Å²) in [4.78, 5) is 6.89. The summed E-state index contributed by atoms with van der Waals surface area (Å²) >= 11 is 0. The van der Waals surface area contributed by atoms with Crippen molar-refractivity contribution in [3.63, 3.8) is 0 Å². The molecule has 4 nitrogen and oxygen atoms in total. The molecule has 5 rings (SSSR count). The summed E-state index contributed by atoms with van der Waals surface area (Å²) in [6.45, 7) is 1.66. The van der Waals surface area contributed by atoms with Gasteiger partial charge in [-0.2, -0.15) is 4.73 Å². The van der Waals surface area contributed by atoms with Gasteiger partial charge in [-0.25, -0.2) is 22.5 Å². The van der Waals surface area contributed by atoms with Crippen LogP contribution in [0.3, 0.4) is 0 Å². The third kappa shape index (κ3) is 3.88. The molecule has 1 saturated heterocycles. The molecule has 0 N–H and O–H groups in total. The molecule has 0 spiro atoms. The third-order valence-electron chi connectivity index (χ3n) is 6.46. The minimum atomic E-state index is -0.905. The van der Waals surface area contributed by atoms with Crippen molar-refractivity contribution in [3.8, 4) is 22.4 Å². The maximum atomic E-state index is 14.9. The lowest BCUT2D eigenvalue weighted by Crippen LogP contribution is -2.31. The van der Waals surface area contributed by atoms with Gasteiger partial charge in [0.15, 0.2) is 6.20 Å². The topological polar surface area (TPSA) is 43.1 Å². The molecule has 0 bridgehead atoms. The molecule has 0 aliphatic carbocycles. The lowest BCUT2D eigenvalue weighted by Gasteiger charge is -2.29. The van der Waals surface area contributed by atoms with Gasteiger partial charge in [0.1, 0.15) is 34.3 Å². The van der Waals surface area contributed by atoms with Crippen LogP contribution in [-0.2, 0) is 0 Å². The van der Waals surface area contributed by atoms with E-state index in [0.717, 1.165) is 56.4 Å². The minimum Gasteiger partial charge on any atom is -0.618 e. The molecule has 0 saturated carbocycles. The number of hydrogen-bond acceptors (Lipinski definition) is 3. The van der Waals surface area contributed by atoms with E-state index >= 15 is 0 Å². The quantitative estimate of drug-likeness (QED) is 0.225. The standard InChI is InChI=1S/C26H21F4N3O/c1-32-10-7-15(8-11-32)23-14-19(17-6-5-16(27)13-22(17)30)18-9-12-33(34)26(25(18)31-23)24-20(28)3-2-4-21(24)29/h2-6,9,12-15H,7-8,10-11H2,1H3. The molecular weight excluding hydrogens is 446 g/mol. The zero-order valence-electron chi connectivity index (χ0n) is 18.4. The van der Waals surface area contributed by atoms with Gasteiger partial charge in [0.25, 0.3) is 5.69 Å². The maximum absolute atomic E-state index is 14.9. The Hall–Kier alpha value is -3.52. The van der Waals surface area contributed by atoms with Crippen molar-refractivity contribution in [2.75, 3.05) is 20.1 Å². The number of benzene rings is 2. The molecule has 0 amide bonds. The number of hydrogen-bond donors (Lipinski definition) is 0. The average molecular weight is 467 g/mol. The van der Waals surface area contributed by atoms with Crippen LogP contribution in [0.15, 0.2) is 54.7 Å². The van der Waals surface area contributed by atoms with Gasteiger partial charge in [-0.05, 0) is 68.9 Å². The number of piperidine rings is 1. The highest BCUT2D eigenvalue weighted by molar-refractivity contribution is 6.00. The third-order valence-corrected chi connectivity index (χ3v) is 6.46. The number of aromatic nitrogens is 2. The van der Waals surface area contributed by atoms with Crippen molar-refractivity contribution in [3.05, 3.63) is 88.9 Å². The Bertz CT molecular complexity index is 1380. The van der Waals surface area contributed by atoms with Crippen molar-refractivity contribution in [2.24, 2.45) is 0 Å². The Morgan fingerprint density at radius 3 is 2.29 bits per heavy atom. The predicted octanol–water partition coefficient (Wildman–Crippen LogP) is 5.57. The fourth-order valence-corrected chi connectivity index (χ4v) is 4.64. The van der Waals surface area contributed by atoms with Gasteiger partial charge in [0.2, 0.25) is 0 Å². The van der Waals surface area contributed by atoms with E-state index in [1.54, 1.807) is 6.07 Å². The van der Waals surface area contributed by atoms with E-state index in [-0.39, 0.29) is 22.7 Å². The Kier molecular flexibility index (Phi) is 5.69. The van der Waals surface area contributed by atoms with Crippen molar-refractivity contribution in [1.82, 2.24) is 9.88 Å². The largest absolute Gasteiger partial charge is 0.618 e. The van der Waals surface area contributed by atoms with Crippen LogP contribution in [0.1, 0.15) is 24.5 Å². The second kappa shape index (κ2) is 8.68. The second-order valence-corrected chi connectivity index (χ2v) is 8.65. The van der Waals surface area contributed by atoms with Gasteiger partial charge in [0, 0.05) is 34.7 Å². The normalized spacial score (nSPS) is 15.2. The smallest absolute Gasteiger partial charge is 0.256 e. The van der Waals surface area contributed by atoms with Crippen LogP contribution in [0.5, 0.6) is 0 Å². The summed E-state index contributed by atoms with van der Waals surface area (Å²) in [5.41, 5.74) is 0.384. The zero-order valence-corrected chi connectivity index (χ0v) is 18.4. The Morgan fingerprint density at radius 1 is 0.912 bits per heavy atom. The summed E-state index contributed by atoms with van der Waals surface area (Å²) in [7, 11) is 2.02. The van der Waals surface area contributed by atoms with Crippen molar-refractivity contribution in [1.29, 1.82) is 0 Å². The Morgan fingerprint density at radius 2 is 1.62 bits per heavy atom. The van der Waals surface area contributed by atoms with Crippen LogP contribution in [0.4, 0.5) is 17.6 Å². The van der Waals surface area contributed by atoms with E-state index in [2.05, 4.69) is 4.90 Å². The molecule has 2 aromatic carbocycles. The maximum Gasteiger partial charge on any atom is 0.256 e. The summed E-state index contributed by atoms with van der Waals surface area (Å²) in [6.07, 6.45) is 2.69. The molecule has 4 aromatic rings. The average Bonchev–Trinajstić information content (AvgIpc) is 2.80. The monoisotopic (exact) mass is 467 g/mol. The van der Waals surface area contributed by atoms with Gasteiger partial charge >= 0.3 is 0 Å². The first kappa shape index (κ1) is 22.3. The molecule has 8 heteroatoms. The van der Waals surface area contributed by atoms with Crippen LogP contribution in [0, 0.1) is 28.5 Å². The number of fused-ring (bicyclic) bond motifs is 1. The van der Waals surface area contributed by atoms with Crippen LogP contribution in [-0.4, -0.2) is 30.0 Å². The van der Waals surface area contributed by atoms with Crippen LogP contribution >= 0.6 is 0 Å². The molecule has 3 heterocycles. The molecule has 1 aliphatic rings. The lowest BCUT2D eigenvalue weighted by atomic mass is 9.90. The first-order chi connectivity index (χ1) is 16.3. The van der Waals surface area contributed by atoms with Crippen LogP contribution < -0.4 is 4.73 Å². The van der Waals surface area contributed by atoms with E-state index in [0.29, 0.717) is 21.4 Å². The first-order valence-corrected chi connectivity index (χ1v) is 11.0. The van der Waals surface area contributed by atoms with Gasteiger partial charge < -0.3 is 10.1 Å². The number of rotatable bonds is 3.